The van der Waals surface area contributed by atoms with Crippen LogP contribution in [0.5, 0.6) is 0 Å². The topological polar surface area (TPSA) is 64.7 Å². The first-order valence-electron chi connectivity index (χ1n) is 3.18. The lowest BCUT2D eigenvalue weighted by Gasteiger charge is -1.96. The molecule has 0 atom stereocenters. The molecule has 0 amide bonds. The van der Waals surface area contributed by atoms with Crippen molar-refractivity contribution in [1.82, 2.24) is 15.0 Å². The van der Waals surface area contributed by atoms with Crippen LogP contribution in [0.25, 0.3) is 11.0 Å². The second-order valence-electron chi connectivity index (χ2n) is 2.15. The van der Waals surface area contributed by atoms with Crippen molar-refractivity contribution < 1.29 is 0 Å². The third kappa shape index (κ3) is 0.881. The van der Waals surface area contributed by atoms with Crippen molar-refractivity contribution in [3.05, 3.63) is 24.8 Å². The van der Waals surface area contributed by atoms with Crippen molar-refractivity contribution >= 4 is 16.7 Å². The number of fused-ring (bicyclic) bond motifs is 1. The van der Waals surface area contributed by atoms with E-state index in [0.29, 0.717) is 11.2 Å². The van der Waals surface area contributed by atoms with Crippen LogP contribution in [0, 0.1) is 0 Å². The molecular formula is C7H6N4. The Labute approximate surface area is 63.1 Å². The molecule has 0 aliphatic heterocycles. The molecule has 4 nitrogen and oxygen atoms in total. The summed E-state index contributed by atoms with van der Waals surface area (Å²) in [4.78, 5) is 12.0. The van der Waals surface area contributed by atoms with Gasteiger partial charge in [0.15, 0.2) is 0 Å². The van der Waals surface area contributed by atoms with E-state index < -0.39 is 0 Å². The summed E-state index contributed by atoms with van der Waals surface area (Å²) in [5.41, 5.74) is 7.60. The maximum atomic E-state index is 5.59. The van der Waals surface area contributed by atoms with E-state index >= 15 is 0 Å². The number of nitrogens with zero attached hydrogens (tertiary/aromatic N) is 3. The third-order valence-electron chi connectivity index (χ3n) is 1.41. The van der Waals surface area contributed by atoms with Gasteiger partial charge in [-0.05, 0) is 0 Å². The van der Waals surface area contributed by atoms with Crippen LogP contribution in [0.4, 0.5) is 5.69 Å². The maximum absolute atomic E-state index is 5.59. The minimum atomic E-state index is 0.565. The Kier molecular flexibility index (Phi) is 1.18. The van der Waals surface area contributed by atoms with Crippen LogP contribution in [0.15, 0.2) is 24.8 Å². The van der Waals surface area contributed by atoms with Crippen molar-refractivity contribution in [3.63, 3.8) is 0 Å². The van der Waals surface area contributed by atoms with Crippen molar-refractivity contribution in [2.45, 2.75) is 0 Å². The number of nitrogens with two attached hydrogens (primary N) is 1. The van der Waals surface area contributed by atoms with Gasteiger partial charge in [-0.3, -0.25) is 15.0 Å². The predicted octanol–water partition coefficient (Wildman–Crippen LogP) is 0.607. The summed E-state index contributed by atoms with van der Waals surface area (Å²) in [6.07, 6.45) is 6.43. The van der Waals surface area contributed by atoms with Gasteiger partial charge in [-0.1, -0.05) is 0 Å². The first kappa shape index (κ1) is 6.03. The van der Waals surface area contributed by atoms with E-state index in [4.69, 9.17) is 5.73 Å². The summed E-state index contributed by atoms with van der Waals surface area (Å²) in [7, 11) is 0. The molecule has 11 heavy (non-hydrogen) atoms. The monoisotopic (exact) mass is 146 g/mol. The molecule has 0 aromatic carbocycles. The normalized spacial score (nSPS) is 10.2. The van der Waals surface area contributed by atoms with Gasteiger partial charge in [-0.2, -0.15) is 0 Å². The minimum Gasteiger partial charge on any atom is -0.396 e. The first-order chi connectivity index (χ1) is 5.38. The predicted molar refractivity (Wildman–Crippen MR) is 41.7 cm³/mol. The molecular weight excluding hydrogens is 140 g/mol. The second-order valence-corrected chi connectivity index (χ2v) is 2.15. The highest BCUT2D eigenvalue weighted by atomic mass is 14.8. The van der Waals surface area contributed by atoms with Gasteiger partial charge < -0.3 is 5.73 Å². The summed E-state index contributed by atoms with van der Waals surface area (Å²) in [6.45, 7) is 0. The molecule has 4 heteroatoms. The van der Waals surface area contributed by atoms with Gasteiger partial charge in [-0.25, -0.2) is 0 Å². The van der Waals surface area contributed by atoms with Gasteiger partial charge >= 0.3 is 0 Å². The fraction of sp³-hybridized carbons (Fsp3) is 0. The van der Waals surface area contributed by atoms with Crippen molar-refractivity contribution in [2.24, 2.45) is 0 Å². The number of hydrogen-bond acceptors (Lipinski definition) is 4. The van der Waals surface area contributed by atoms with Crippen LogP contribution in [0.3, 0.4) is 0 Å². The average Bonchev–Trinajstić information content (AvgIpc) is 2.06. The number of aromatic nitrogens is 3. The van der Waals surface area contributed by atoms with E-state index in [1.165, 1.54) is 0 Å². The Morgan fingerprint density at radius 3 is 2.73 bits per heavy atom. The lowest BCUT2D eigenvalue weighted by atomic mass is 10.3. The summed E-state index contributed by atoms with van der Waals surface area (Å²) in [5, 5.41) is 0. The zero-order valence-corrected chi connectivity index (χ0v) is 5.73. The van der Waals surface area contributed by atoms with Crippen LogP contribution in [-0.2, 0) is 0 Å². The SMILES string of the molecule is Nc1cncc2nccnc12. The molecule has 2 heterocycles. The zero-order valence-electron chi connectivity index (χ0n) is 5.73. The van der Waals surface area contributed by atoms with Gasteiger partial charge in [0.05, 0.1) is 18.1 Å². The molecule has 0 saturated heterocycles. The highest BCUT2D eigenvalue weighted by Crippen LogP contribution is 2.12. The Bertz CT molecular complexity index is 380. The largest absolute Gasteiger partial charge is 0.396 e. The molecule has 0 aliphatic carbocycles. The van der Waals surface area contributed by atoms with Crippen molar-refractivity contribution in [3.8, 4) is 0 Å². The molecule has 0 fully saturated rings. The molecule has 2 aromatic rings. The second kappa shape index (κ2) is 2.16. The Morgan fingerprint density at radius 1 is 1.09 bits per heavy atom. The molecule has 0 unspecified atom stereocenters. The first-order valence-corrected chi connectivity index (χ1v) is 3.18. The molecule has 2 rings (SSSR count). The van der Waals surface area contributed by atoms with Crippen LogP contribution < -0.4 is 5.73 Å². The number of hydrogen-bond donors (Lipinski definition) is 1. The smallest absolute Gasteiger partial charge is 0.115 e. The zero-order chi connectivity index (χ0) is 7.68. The van der Waals surface area contributed by atoms with Gasteiger partial charge in [0.2, 0.25) is 0 Å². The van der Waals surface area contributed by atoms with Crippen LogP contribution >= 0.6 is 0 Å². The Hall–Kier alpha value is -1.71. The van der Waals surface area contributed by atoms with Crippen molar-refractivity contribution in [2.75, 3.05) is 5.73 Å². The highest BCUT2D eigenvalue weighted by Gasteiger charge is 1.97. The average molecular weight is 146 g/mol. The van der Waals surface area contributed by atoms with E-state index in [-0.39, 0.29) is 0 Å². The van der Waals surface area contributed by atoms with Gasteiger partial charge in [0.1, 0.15) is 11.0 Å². The van der Waals surface area contributed by atoms with Gasteiger partial charge in [-0.15, -0.1) is 0 Å². The van der Waals surface area contributed by atoms with E-state index in [2.05, 4.69) is 15.0 Å². The fourth-order valence-corrected chi connectivity index (χ4v) is 0.915. The summed E-state index contributed by atoms with van der Waals surface area (Å²) < 4.78 is 0. The highest BCUT2D eigenvalue weighted by molar-refractivity contribution is 5.84. The lowest BCUT2D eigenvalue weighted by Crippen LogP contribution is -1.91. The van der Waals surface area contributed by atoms with E-state index in [0.717, 1.165) is 5.52 Å². The van der Waals surface area contributed by atoms with Crippen LogP contribution in [-0.4, -0.2) is 15.0 Å². The molecule has 0 bridgehead atoms. The van der Waals surface area contributed by atoms with Gasteiger partial charge in [0.25, 0.3) is 0 Å². The Morgan fingerprint density at radius 2 is 1.91 bits per heavy atom. The molecule has 54 valence electrons. The number of rotatable bonds is 0. The number of pyridine rings is 1. The van der Waals surface area contributed by atoms with E-state index in [1.54, 1.807) is 24.8 Å². The summed E-state index contributed by atoms with van der Waals surface area (Å²) in [6, 6.07) is 0. The number of nitrogen functional groups attached to an aromatic ring is 1. The minimum absolute atomic E-state index is 0.565. The van der Waals surface area contributed by atoms with Crippen molar-refractivity contribution in [1.29, 1.82) is 0 Å². The number of anilines is 1. The molecule has 0 spiro atoms. The molecule has 0 saturated carbocycles. The summed E-state index contributed by atoms with van der Waals surface area (Å²) in [5.74, 6) is 0. The summed E-state index contributed by atoms with van der Waals surface area (Å²) >= 11 is 0. The maximum Gasteiger partial charge on any atom is 0.115 e. The molecule has 2 aromatic heterocycles. The third-order valence-corrected chi connectivity index (χ3v) is 1.41. The van der Waals surface area contributed by atoms with E-state index in [9.17, 15) is 0 Å². The molecule has 2 N–H and O–H groups in total. The fourth-order valence-electron chi connectivity index (χ4n) is 0.915. The van der Waals surface area contributed by atoms with Gasteiger partial charge in [0, 0.05) is 12.4 Å². The van der Waals surface area contributed by atoms with E-state index in [1.807, 2.05) is 0 Å². The standard InChI is InChI=1S/C7H6N4/c8-5-3-9-4-6-7(5)11-2-1-10-6/h1-4H,8H2. The quantitative estimate of drug-likeness (QED) is 0.591. The molecule has 0 aliphatic rings. The van der Waals surface area contributed by atoms with Crippen LogP contribution in [0.1, 0.15) is 0 Å². The van der Waals surface area contributed by atoms with Crippen LogP contribution in [0.2, 0.25) is 0 Å². The Balaban J connectivity index is 2.91. The molecule has 0 radical (unpaired) electrons. The lowest BCUT2D eigenvalue weighted by molar-refractivity contribution is 1.25.